The van der Waals surface area contributed by atoms with E-state index in [0.717, 1.165) is 22.3 Å². The maximum absolute atomic E-state index is 9.79. The molecule has 3 nitrogen and oxygen atoms in total. The Bertz CT molecular complexity index is 568. The topological polar surface area (TPSA) is 36.4 Å². The number of aromatic nitrogens is 1. The molecule has 0 saturated heterocycles. The second-order valence-electron chi connectivity index (χ2n) is 5.05. The van der Waals surface area contributed by atoms with Crippen LogP contribution in [0, 0.1) is 0 Å². The van der Waals surface area contributed by atoms with Crippen molar-refractivity contribution in [2.75, 3.05) is 19.0 Å². The highest BCUT2D eigenvalue weighted by atomic mass is 16.2. The van der Waals surface area contributed by atoms with Gasteiger partial charge in [0.2, 0.25) is 0 Å². The predicted octanol–water partition coefficient (Wildman–Crippen LogP) is 2.14. The van der Waals surface area contributed by atoms with E-state index in [2.05, 4.69) is 11.1 Å². The van der Waals surface area contributed by atoms with Crippen LogP contribution in [0.15, 0.2) is 42.7 Å². The van der Waals surface area contributed by atoms with Crippen LogP contribution in [0.3, 0.4) is 0 Å². The average Bonchev–Trinajstić information content (AvgIpc) is 2.45. The highest BCUT2D eigenvalue weighted by Crippen LogP contribution is 2.15. The molecule has 0 bridgehead atoms. The fraction of sp³-hybridized carbons (Fsp3) is 0.188. The van der Waals surface area contributed by atoms with Gasteiger partial charge in [0.05, 0.1) is 0 Å². The Hall–Kier alpha value is -2.07. The smallest absolute Gasteiger partial charge is 0.320 e. The first-order valence-corrected chi connectivity index (χ1v) is 6.65. The molecule has 0 radical (unpaired) electrons. The van der Waals surface area contributed by atoms with Crippen LogP contribution < -0.4 is 10.4 Å². The summed E-state index contributed by atoms with van der Waals surface area (Å²) in [5.41, 5.74) is 4.12. The van der Waals surface area contributed by atoms with Crippen molar-refractivity contribution in [3.63, 3.8) is 0 Å². The Morgan fingerprint density at radius 3 is 2.50 bits per heavy atom. The van der Waals surface area contributed by atoms with Gasteiger partial charge in [-0.25, -0.2) is 0 Å². The first-order valence-electron chi connectivity index (χ1n) is 6.65. The van der Waals surface area contributed by atoms with Gasteiger partial charge < -0.3 is 9.92 Å². The van der Waals surface area contributed by atoms with Crippen molar-refractivity contribution in [1.29, 1.82) is 0 Å². The lowest BCUT2D eigenvalue weighted by molar-refractivity contribution is 0.594. The van der Waals surface area contributed by atoms with Crippen LogP contribution >= 0.6 is 0 Å². The molecule has 20 heavy (non-hydrogen) atoms. The van der Waals surface area contributed by atoms with Crippen molar-refractivity contribution in [2.24, 2.45) is 0 Å². The van der Waals surface area contributed by atoms with E-state index in [1.54, 1.807) is 13.0 Å². The first-order chi connectivity index (χ1) is 9.56. The molecule has 0 fully saturated rings. The highest BCUT2D eigenvalue weighted by molar-refractivity contribution is 6.64. The molecule has 4 heteroatoms. The van der Waals surface area contributed by atoms with E-state index in [1.165, 1.54) is 0 Å². The third-order valence-electron chi connectivity index (χ3n) is 3.11. The maximum atomic E-state index is 9.79. The molecule has 0 spiro atoms. The minimum Gasteiger partial charge on any atom is -0.446 e. The zero-order valence-corrected chi connectivity index (χ0v) is 12.1. The molecule has 1 aromatic heterocycles. The minimum absolute atomic E-state index is 0.472. The molecule has 102 valence electrons. The lowest BCUT2D eigenvalue weighted by atomic mass is 9.64. The summed E-state index contributed by atoms with van der Waals surface area (Å²) < 4.78 is 0. The quantitative estimate of drug-likeness (QED) is 0.861. The Morgan fingerprint density at radius 2 is 1.90 bits per heavy atom. The summed E-state index contributed by atoms with van der Waals surface area (Å²) >= 11 is 0. The van der Waals surface area contributed by atoms with Gasteiger partial charge in [-0.1, -0.05) is 31.1 Å². The second-order valence-corrected chi connectivity index (χ2v) is 5.05. The molecule has 1 aromatic carbocycles. The van der Waals surface area contributed by atoms with Crippen LogP contribution in [0.4, 0.5) is 5.69 Å². The summed E-state index contributed by atoms with van der Waals surface area (Å²) in [7, 11) is 3.99. The van der Waals surface area contributed by atoms with Crippen molar-refractivity contribution < 1.29 is 5.02 Å². The van der Waals surface area contributed by atoms with E-state index in [1.807, 2.05) is 61.6 Å². The maximum Gasteiger partial charge on any atom is 0.320 e. The van der Waals surface area contributed by atoms with Gasteiger partial charge >= 0.3 is 6.92 Å². The molecule has 2 aromatic rings. The largest absolute Gasteiger partial charge is 0.446 e. The molecule has 0 unspecified atom stereocenters. The van der Waals surface area contributed by atoms with Gasteiger partial charge in [-0.2, -0.15) is 0 Å². The van der Waals surface area contributed by atoms with E-state index < -0.39 is 6.92 Å². The van der Waals surface area contributed by atoms with Gasteiger partial charge in [0.1, 0.15) is 0 Å². The Morgan fingerprint density at radius 1 is 1.15 bits per heavy atom. The summed E-state index contributed by atoms with van der Waals surface area (Å²) in [5.74, 6) is 0. The Balaban J connectivity index is 2.33. The number of pyridine rings is 1. The molecular formula is C16H19BN2O. The Kier molecular flexibility index (Phi) is 4.59. The van der Waals surface area contributed by atoms with Gasteiger partial charge in [0.25, 0.3) is 0 Å². The molecule has 2 rings (SSSR count). The number of nitrogens with zero attached hydrogens (tertiary/aromatic N) is 2. The first kappa shape index (κ1) is 14.3. The fourth-order valence-corrected chi connectivity index (χ4v) is 1.92. The molecule has 0 aliphatic rings. The molecule has 0 aliphatic heterocycles. The molecule has 0 saturated carbocycles. The standard InChI is InChI=1S/C16H19BN2O/c1-17(20)15-9-14(10-16(11-15)19(2)3)7-6-13-5-4-8-18-12-13/h4-12,20H,1-3H3/b7-6+. The number of hydrogen-bond acceptors (Lipinski definition) is 3. The van der Waals surface area contributed by atoms with Crippen molar-refractivity contribution >= 4 is 30.2 Å². The summed E-state index contributed by atoms with van der Waals surface area (Å²) in [6.45, 7) is 1.31. The van der Waals surface area contributed by atoms with Gasteiger partial charge in [0, 0.05) is 32.2 Å². The monoisotopic (exact) mass is 266 g/mol. The van der Waals surface area contributed by atoms with Crippen LogP contribution in [0.25, 0.3) is 12.2 Å². The van der Waals surface area contributed by atoms with E-state index in [9.17, 15) is 5.02 Å². The molecular weight excluding hydrogens is 247 g/mol. The van der Waals surface area contributed by atoms with Crippen molar-refractivity contribution in [3.8, 4) is 0 Å². The van der Waals surface area contributed by atoms with E-state index in [-0.39, 0.29) is 0 Å². The van der Waals surface area contributed by atoms with Gasteiger partial charge in [-0.05, 0) is 34.8 Å². The van der Waals surface area contributed by atoms with Crippen LogP contribution in [0.1, 0.15) is 11.1 Å². The molecule has 1 heterocycles. The van der Waals surface area contributed by atoms with Crippen molar-refractivity contribution in [2.45, 2.75) is 6.82 Å². The summed E-state index contributed by atoms with van der Waals surface area (Å²) in [6, 6.07) is 10.0. The van der Waals surface area contributed by atoms with Gasteiger partial charge in [0.15, 0.2) is 0 Å². The molecule has 0 amide bonds. The third kappa shape index (κ3) is 3.71. The van der Waals surface area contributed by atoms with Crippen LogP contribution in [0.2, 0.25) is 6.82 Å². The number of anilines is 1. The van der Waals surface area contributed by atoms with Crippen LogP contribution in [0.5, 0.6) is 0 Å². The van der Waals surface area contributed by atoms with Crippen molar-refractivity contribution in [1.82, 2.24) is 4.98 Å². The molecule has 0 atom stereocenters. The highest BCUT2D eigenvalue weighted by Gasteiger charge is 2.09. The minimum atomic E-state index is -0.472. The van der Waals surface area contributed by atoms with Gasteiger partial charge in [-0.3, -0.25) is 4.98 Å². The lowest BCUT2D eigenvalue weighted by Crippen LogP contribution is -2.27. The molecule has 1 N–H and O–H groups in total. The number of benzene rings is 1. The number of rotatable bonds is 4. The van der Waals surface area contributed by atoms with E-state index >= 15 is 0 Å². The van der Waals surface area contributed by atoms with Crippen LogP contribution in [-0.4, -0.2) is 31.0 Å². The van der Waals surface area contributed by atoms with E-state index in [0.29, 0.717) is 0 Å². The van der Waals surface area contributed by atoms with Crippen LogP contribution in [-0.2, 0) is 0 Å². The summed E-state index contributed by atoms with van der Waals surface area (Å²) in [5, 5.41) is 9.79. The summed E-state index contributed by atoms with van der Waals surface area (Å²) in [6.07, 6.45) is 7.64. The SMILES string of the molecule is CB(O)c1cc(/C=C/c2cccnc2)cc(N(C)C)c1. The summed E-state index contributed by atoms with van der Waals surface area (Å²) in [4.78, 5) is 6.12. The predicted molar refractivity (Wildman–Crippen MR) is 87.4 cm³/mol. The third-order valence-corrected chi connectivity index (χ3v) is 3.11. The van der Waals surface area contributed by atoms with Crippen molar-refractivity contribution in [3.05, 3.63) is 53.9 Å². The van der Waals surface area contributed by atoms with Gasteiger partial charge in [-0.15, -0.1) is 0 Å². The lowest BCUT2D eigenvalue weighted by Gasteiger charge is -2.15. The zero-order valence-electron chi connectivity index (χ0n) is 12.1. The average molecular weight is 266 g/mol. The second kappa shape index (κ2) is 6.39. The zero-order chi connectivity index (χ0) is 14.5. The normalized spacial score (nSPS) is 10.8. The fourth-order valence-electron chi connectivity index (χ4n) is 1.92. The Labute approximate surface area is 120 Å². The van der Waals surface area contributed by atoms with E-state index in [4.69, 9.17) is 0 Å². The number of hydrogen-bond donors (Lipinski definition) is 1. The molecule has 0 aliphatic carbocycles.